The Morgan fingerprint density at radius 2 is 2.00 bits per heavy atom. The molecule has 2 aliphatic carbocycles. The van der Waals surface area contributed by atoms with Crippen LogP contribution in [0.3, 0.4) is 0 Å². The Morgan fingerprint density at radius 1 is 1.33 bits per heavy atom. The molecular formula is C12H20N2O. The molecule has 3 aliphatic rings. The van der Waals surface area contributed by atoms with Crippen molar-refractivity contribution in [2.45, 2.75) is 32.2 Å². The van der Waals surface area contributed by atoms with Gasteiger partial charge in [-0.2, -0.15) is 0 Å². The van der Waals surface area contributed by atoms with Crippen molar-refractivity contribution in [3.8, 4) is 0 Å². The van der Waals surface area contributed by atoms with Crippen LogP contribution in [0.4, 0.5) is 0 Å². The molecule has 2 unspecified atom stereocenters. The fourth-order valence-corrected chi connectivity index (χ4v) is 3.47. The number of rotatable bonds is 3. The van der Waals surface area contributed by atoms with Crippen LogP contribution < -0.4 is 5.32 Å². The van der Waals surface area contributed by atoms with Crippen LogP contribution in [0.15, 0.2) is 0 Å². The number of amides is 1. The number of fused-ring (bicyclic) bond motifs is 1. The standard InChI is InChI=1S/C12H20N2O/c1-2-14(8-6-13-7-8)12(15)11-9-4-3-5-10(9)11/h8-11,13H,2-7H2,1H3. The van der Waals surface area contributed by atoms with E-state index in [-0.39, 0.29) is 0 Å². The maximum absolute atomic E-state index is 12.3. The SMILES string of the molecule is CCN(C(=O)C1C2CCCC21)C1CNC1. The summed E-state index contributed by atoms with van der Waals surface area (Å²) in [5.41, 5.74) is 0. The minimum absolute atomic E-state index is 0.416. The molecule has 1 aliphatic heterocycles. The third kappa shape index (κ3) is 1.40. The van der Waals surface area contributed by atoms with E-state index in [2.05, 4.69) is 17.1 Å². The molecule has 0 radical (unpaired) electrons. The summed E-state index contributed by atoms with van der Waals surface area (Å²) in [7, 11) is 0. The average molecular weight is 208 g/mol. The number of nitrogens with zero attached hydrogens (tertiary/aromatic N) is 1. The van der Waals surface area contributed by atoms with Crippen LogP contribution in [-0.2, 0) is 4.79 Å². The van der Waals surface area contributed by atoms with Crippen LogP contribution in [0.5, 0.6) is 0 Å². The minimum Gasteiger partial charge on any atom is -0.337 e. The second-order valence-electron chi connectivity index (χ2n) is 5.22. The van der Waals surface area contributed by atoms with E-state index in [0.717, 1.165) is 31.5 Å². The number of likely N-dealkylation sites (N-methyl/N-ethyl adjacent to an activating group) is 1. The molecule has 0 aromatic rings. The molecule has 15 heavy (non-hydrogen) atoms. The Kier molecular flexibility index (Phi) is 2.23. The first kappa shape index (κ1) is 9.64. The lowest BCUT2D eigenvalue weighted by Crippen LogP contribution is -2.59. The molecule has 1 saturated heterocycles. The molecule has 1 amide bonds. The number of hydrogen-bond acceptors (Lipinski definition) is 2. The molecule has 3 heteroatoms. The number of nitrogens with one attached hydrogen (secondary N) is 1. The van der Waals surface area contributed by atoms with Gasteiger partial charge in [0.05, 0.1) is 6.04 Å². The van der Waals surface area contributed by atoms with Crippen LogP contribution in [0.2, 0.25) is 0 Å². The van der Waals surface area contributed by atoms with Crippen LogP contribution in [0.25, 0.3) is 0 Å². The highest BCUT2D eigenvalue weighted by Crippen LogP contribution is 2.58. The molecule has 0 aromatic carbocycles. The molecule has 1 N–H and O–H groups in total. The van der Waals surface area contributed by atoms with E-state index in [9.17, 15) is 4.79 Å². The van der Waals surface area contributed by atoms with Gasteiger partial charge >= 0.3 is 0 Å². The van der Waals surface area contributed by atoms with Crippen LogP contribution in [0.1, 0.15) is 26.2 Å². The maximum Gasteiger partial charge on any atom is 0.226 e. The Bertz CT molecular complexity index is 265. The summed E-state index contributed by atoms with van der Waals surface area (Å²) >= 11 is 0. The molecule has 2 atom stereocenters. The molecule has 0 aromatic heterocycles. The number of carbonyl (C=O) groups is 1. The lowest BCUT2D eigenvalue weighted by Gasteiger charge is -2.38. The van der Waals surface area contributed by atoms with Gasteiger partial charge in [-0.15, -0.1) is 0 Å². The first-order valence-corrected chi connectivity index (χ1v) is 6.34. The quantitative estimate of drug-likeness (QED) is 0.746. The zero-order valence-electron chi connectivity index (χ0n) is 9.41. The summed E-state index contributed by atoms with van der Waals surface area (Å²) in [5, 5.41) is 3.25. The third-order valence-corrected chi connectivity index (χ3v) is 4.52. The van der Waals surface area contributed by atoms with Gasteiger partial charge in [0.1, 0.15) is 0 Å². The normalized spacial score (nSPS) is 38.3. The Labute approximate surface area is 91.2 Å². The first-order valence-electron chi connectivity index (χ1n) is 6.34. The smallest absolute Gasteiger partial charge is 0.226 e. The zero-order valence-corrected chi connectivity index (χ0v) is 9.41. The van der Waals surface area contributed by atoms with E-state index in [4.69, 9.17) is 0 Å². The third-order valence-electron chi connectivity index (χ3n) is 4.52. The van der Waals surface area contributed by atoms with Crippen LogP contribution in [0, 0.1) is 17.8 Å². The predicted octanol–water partition coefficient (Wildman–Crippen LogP) is 0.853. The van der Waals surface area contributed by atoms with Crippen molar-refractivity contribution < 1.29 is 4.79 Å². The van der Waals surface area contributed by atoms with Gasteiger partial charge in [-0.3, -0.25) is 4.79 Å². The predicted molar refractivity (Wildman–Crippen MR) is 58.4 cm³/mol. The van der Waals surface area contributed by atoms with Gasteiger partial charge in [-0.05, 0) is 31.6 Å². The molecule has 2 saturated carbocycles. The Balaban J connectivity index is 1.63. The molecule has 84 valence electrons. The van der Waals surface area contributed by atoms with Crippen molar-refractivity contribution >= 4 is 5.91 Å². The number of hydrogen-bond donors (Lipinski definition) is 1. The van der Waals surface area contributed by atoms with Crippen molar-refractivity contribution in [3.05, 3.63) is 0 Å². The van der Waals surface area contributed by atoms with E-state index < -0.39 is 0 Å². The maximum atomic E-state index is 12.3. The van der Waals surface area contributed by atoms with Crippen LogP contribution in [-0.4, -0.2) is 36.5 Å². The molecule has 3 fully saturated rings. The monoisotopic (exact) mass is 208 g/mol. The van der Waals surface area contributed by atoms with Crippen molar-refractivity contribution in [2.24, 2.45) is 17.8 Å². The highest BCUT2D eigenvalue weighted by Gasteiger charge is 2.57. The van der Waals surface area contributed by atoms with Gasteiger partial charge in [-0.1, -0.05) is 6.42 Å². The summed E-state index contributed by atoms with van der Waals surface area (Å²) in [6, 6.07) is 0.490. The van der Waals surface area contributed by atoms with Gasteiger partial charge in [0.25, 0.3) is 0 Å². The van der Waals surface area contributed by atoms with Gasteiger partial charge in [0.15, 0.2) is 0 Å². The summed E-state index contributed by atoms with van der Waals surface area (Å²) in [4.78, 5) is 14.4. The Hall–Kier alpha value is -0.570. The van der Waals surface area contributed by atoms with E-state index in [1.54, 1.807) is 0 Å². The van der Waals surface area contributed by atoms with Gasteiger partial charge in [-0.25, -0.2) is 0 Å². The molecule has 1 heterocycles. The lowest BCUT2D eigenvalue weighted by atomic mass is 10.1. The zero-order chi connectivity index (χ0) is 10.4. The first-order chi connectivity index (χ1) is 7.33. The minimum atomic E-state index is 0.416. The molecular weight excluding hydrogens is 188 g/mol. The highest BCUT2D eigenvalue weighted by molar-refractivity contribution is 5.83. The summed E-state index contributed by atoms with van der Waals surface area (Å²) < 4.78 is 0. The molecule has 0 spiro atoms. The fourth-order valence-electron chi connectivity index (χ4n) is 3.47. The molecule has 3 rings (SSSR count). The summed E-state index contributed by atoms with van der Waals surface area (Å²) in [6.07, 6.45) is 3.97. The largest absolute Gasteiger partial charge is 0.337 e. The van der Waals surface area contributed by atoms with E-state index in [1.165, 1.54) is 19.3 Å². The van der Waals surface area contributed by atoms with Crippen LogP contribution >= 0.6 is 0 Å². The molecule has 0 bridgehead atoms. The van der Waals surface area contributed by atoms with Crippen molar-refractivity contribution in [3.63, 3.8) is 0 Å². The van der Waals surface area contributed by atoms with E-state index in [1.807, 2.05) is 0 Å². The summed E-state index contributed by atoms with van der Waals surface area (Å²) in [5.74, 6) is 2.40. The van der Waals surface area contributed by atoms with Crippen molar-refractivity contribution in [1.29, 1.82) is 0 Å². The fraction of sp³-hybridized carbons (Fsp3) is 0.917. The van der Waals surface area contributed by atoms with Gasteiger partial charge < -0.3 is 10.2 Å². The van der Waals surface area contributed by atoms with Crippen molar-refractivity contribution in [2.75, 3.05) is 19.6 Å². The van der Waals surface area contributed by atoms with Gasteiger partial charge in [0, 0.05) is 25.6 Å². The number of carbonyl (C=O) groups excluding carboxylic acids is 1. The Morgan fingerprint density at radius 3 is 2.47 bits per heavy atom. The van der Waals surface area contributed by atoms with Gasteiger partial charge in [0.2, 0.25) is 5.91 Å². The van der Waals surface area contributed by atoms with E-state index >= 15 is 0 Å². The second kappa shape index (κ2) is 3.48. The van der Waals surface area contributed by atoms with Crippen molar-refractivity contribution in [1.82, 2.24) is 10.2 Å². The lowest BCUT2D eigenvalue weighted by molar-refractivity contribution is -0.136. The summed E-state index contributed by atoms with van der Waals surface area (Å²) in [6.45, 7) is 5.00. The van der Waals surface area contributed by atoms with E-state index in [0.29, 0.717) is 17.9 Å². The highest BCUT2D eigenvalue weighted by atomic mass is 16.2. The topological polar surface area (TPSA) is 32.3 Å². The molecule has 3 nitrogen and oxygen atoms in total. The average Bonchev–Trinajstić information content (AvgIpc) is 2.64. The second-order valence-corrected chi connectivity index (χ2v) is 5.22.